The summed E-state index contributed by atoms with van der Waals surface area (Å²) in [5.41, 5.74) is 0.659. The van der Waals surface area contributed by atoms with E-state index in [1.165, 1.54) is 12.3 Å². The third-order valence-corrected chi connectivity index (χ3v) is 9.49. The van der Waals surface area contributed by atoms with Gasteiger partial charge in [0.2, 0.25) is 0 Å². The molecule has 10 heteroatoms. The molecule has 6 nitrogen and oxygen atoms in total. The lowest BCUT2D eigenvalue weighted by atomic mass is 9.93. The van der Waals surface area contributed by atoms with Crippen molar-refractivity contribution in [3.8, 4) is 28.3 Å². The Morgan fingerprint density at radius 1 is 1.12 bits per heavy atom. The number of aromatic nitrogens is 2. The summed E-state index contributed by atoms with van der Waals surface area (Å²) in [6.07, 6.45) is -2.83. The first-order valence-electron chi connectivity index (χ1n) is 11.0. The highest BCUT2D eigenvalue weighted by atomic mass is 32.2. The Labute approximate surface area is 196 Å². The van der Waals surface area contributed by atoms with Gasteiger partial charge in [-0.05, 0) is 69.0 Å². The number of sulfone groups is 1. The monoisotopic (exact) mass is 496 g/mol. The lowest BCUT2D eigenvalue weighted by Crippen LogP contribution is -2.31. The van der Waals surface area contributed by atoms with E-state index in [-0.39, 0.29) is 30.2 Å². The summed E-state index contributed by atoms with van der Waals surface area (Å²) in [5.74, 6) is 0.426. The van der Waals surface area contributed by atoms with Crippen LogP contribution in [0.4, 0.5) is 13.2 Å². The van der Waals surface area contributed by atoms with Gasteiger partial charge in [0, 0.05) is 23.1 Å². The lowest BCUT2D eigenvalue weighted by molar-refractivity contribution is -0.194. The maximum atomic E-state index is 13.5. The predicted molar refractivity (Wildman–Crippen MR) is 122 cm³/mol. The first-order valence-corrected chi connectivity index (χ1v) is 12.6. The Morgan fingerprint density at radius 3 is 2.38 bits per heavy atom. The van der Waals surface area contributed by atoms with Gasteiger partial charge in [-0.1, -0.05) is 13.0 Å². The largest absolute Gasteiger partial charge is 0.492 e. The first kappa shape index (κ1) is 24.4. The van der Waals surface area contributed by atoms with E-state index in [0.717, 1.165) is 4.73 Å². The molecule has 0 aromatic heterocycles. The molecule has 0 saturated heterocycles. The van der Waals surface area contributed by atoms with Crippen LogP contribution in [0.3, 0.4) is 0 Å². The van der Waals surface area contributed by atoms with E-state index in [1.54, 1.807) is 52.0 Å². The predicted octanol–water partition coefficient (Wildman–Crippen LogP) is 5.59. The molecule has 0 atom stereocenters. The van der Waals surface area contributed by atoms with Crippen LogP contribution in [0.5, 0.6) is 5.75 Å². The van der Waals surface area contributed by atoms with E-state index >= 15 is 0 Å². The van der Waals surface area contributed by atoms with E-state index in [4.69, 9.17) is 4.74 Å². The number of hydrogen-bond donors (Lipinski definition) is 1. The fourth-order valence-corrected chi connectivity index (χ4v) is 5.31. The average molecular weight is 497 g/mol. The summed E-state index contributed by atoms with van der Waals surface area (Å²) in [5, 5.41) is 10.3. The molecular weight excluding hydrogens is 469 g/mol. The number of nitrogens with zero attached hydrogens (tertiary/aromatic N) is 2. The molecule has 0 amide bonds. The zero-order valence-electron chi connectivity index (χ0n) is 19.4. The van der Waals surface area contributed by atoms with E-state index in [9.17, 15) is 26.8 Å². The fourth-order valence-electron chi connectivity index (χ4n) is 4.10. The number of hydrogen-bond acceptors (Lipinski definition) is 5. The van der Waals surface area contributed by atoms with Crippen LogP contribution in [0, 0.1) is 12.3 Å². The molecule has 3 aliphatic rings. The maximum absolute atomic E-state index is 13.5. The Hall–Kier alpha value is -2.75. The molecule has 1 fully saturated rings. The van der Waals surface area contributed by atoms with Gasteiger partial charge >= 0.3 is 6.18 Å². The molecule has 0 radical (unpaired) electrons. The molecule has 1 aliphatic carbocycles. The molecule has 0 bridgehead atoms. The highest BCUT2D eigenvalue weighted by Crippen LogP contribution is 2.58. The standard InChI is InChI=1S/C24H27F3N2O4S/c1-5-34(31,32)22(3,4)16-6-7-20(33-14-23(9-10-23)24(25,26)27)19(13-16)18-12-15(2)29(30)21-17(18)8-11-28-21/h6-8,11-13,30H,5,9-10,14H2,1-4H3. The number of benzene rings is 1. The second-order valence-electron chi connectivity index (χ2n) is 9.38. The number of alkyl halides is 3. The van der Waals surface area contributed by atoms with E-state index in [2.05, 4.69) is 4.98 Å². The average Bonchev–Trinajstić information content (AvgIpc) is 3.43. The van der Waals surface area contributed by atoms with Gasteiger partial charge in [0.05, 0.1) is 10.4 Å². The maximum Gasteiger partial charge on any atom is 0.397 e. The Kier molecular flexibility index (Phi) is 5.66. The van der Waals surface area contributed by atoms with Gasteiger partial charge in [0.15, 0.2) is 15.7 Å². The van der Waals surface area contributed by atoms with Gasteiger partial charge in [-0.2, -0.15) is 17.9 Å². The Morgan fingerprint density at radius 2 is 1.79 bits per heavy atom. The van der Waals surface area contributed by atoms with Crippen molar-refractivity contribution in [1.82, 2.24) is 9.71 Å². The van der Waals surface area contributed by atoms with Crippen LogP contribution in [-0.2, 0) is 14.6 Å². The van der Waals surface area contributed by atoms with E-state index in [1.807, 2.05) is 0 Å². The van der Waals surface area contributed by atoms with Crippen molar-refractivity contribution < 1.29 is 31.5 Å². The van der Waals surface area contributed by atoms with Crippen molar-refractivity contribution in [2.75, 3.05) is 12.4 Å². The molecule has 1 aromatic carbocycles. The highest BCUT2D eigenvalue weighted by Gasteiger charge is 2.64. The second kappa shape index (κ2) is 7.90. The minimum Gasteiger partial charge on any atom is -0.492 e. The third kappa shape index (κ3) is 3.81. The van der Waals surface area contributed by atoms with Crippen LogP contribution in [0.1, 0.15) is 44.9 Å². The molecule has 184 valence electrons. The normalized spacial score (nSPS) is 16.1. The molecule has 1 aromatic rings. The second-order valence-corrected chi connectivity index (χ2v) is 12.2. The van der Waals surface area contributed by atoms with Gasteiger partial charge < -0.3 is 9.94 Å². The van der Waals surface area contributed by atoms with Crippen molar-refractivity contribution in [3.63, 3.8) is 0 Å². The van der Waals surface area contributed by atoms with Crippen LogP contribution in [0.15, 0.2) is 36.5 Å². The zero-order chi connectivity index (χ0) is 25.1. The summed E-state index contributed by atoms with van der Waals surface area (Å²) in [7, 11) is -3.50. The molecular formula is C24H27F3N2O4S. The number of ether oxygens (including phenoxy) is 1. The quantitative estimate of drug-likeness (QED) is 0.431. The van der Waals surface area contributed by atoms with Crippen molar-refractivity contribution in [3.05, 3.63) is 47.8 Å². The molecule has 0 spiro atoms. The fraction of sp³-hybridized carbons (Fsp3) is 0.458. The van der Waals surface area contributed by atoms with Gasteiger partial charge in [-0.3, -0.25) is 0 Å². The van der Waals surface area contributed by atoms with Crippen molar-refractivity contribution >= 4 is 9.84 Å². The SMILES string of the molecule is CCS(=O)(=O)C(C)(C)c1ccc(OCC2(C(F)(F)F)CC2)c(-c2cc(C)n(O)c3nccc2-3)c1. The Balaban J connectivity index is 1.87. The molecule has 2 heterocycles. The summed E-state index contributed by atoms with van der Waals surface area (Å²) in [6.45, 7) is 5.92. The van der Waals surface area contributed by atoms with Crippen LogP contribution >= 0.6 is 0 Å². The van der Waals surface area contributed by atoms with Crippen molar-refractivity contribution in [2.45, 2.75) is 51.5 Å². The minimum absolute atomic E-state index is 0.0116. The smallest absolute Gasteiger partial charge is 0.397 e. The van der Waals surface area contributed by atoms with E-state index < -0.39 is 32.8 Å². The topological polar surface area (TPSA) is 81.4 Å². The van der Waals surface area contributed by atoms with E-state index in [0.29, 0.717) is 27.9 Å². The summed E-state index contributed by atoms with van der Waals surface area (Å²) in [4.78, 5) is 4.17. The van der Waals surface area contributed by atoms with Crippen LogP contribution in [0.25, 0.3) is 22.5 Å². The zero-order valence-corrected chi connectivity index (χ0v) is 20.2. The number of rotatable bonds is 7. The number of fused-ring (bicyclic) bond motifs is 1. The van der Waals surface area contributed by atoms with Crippen molar-refractivity contribution in [2.24, 2.45) is 5.41 Å². The van der Waals surface area contributed by atoms with Crippen LogP contribution in [-0.4, -0.2) is 41.9 Å². The Bertz CT molecular complexity index is 1310. The van der Waals surface area contributed by atoms with Gasteiger partial charge in [0.1, 0.15) is 17.8 Å². The number of pyridine rings is 1. The molecule has 0 unspecified atom stereocenters. The number of aryl methyl sites for hydroxylation is 1. The van der Waals surface area contributed by atoms with Crippen molar-refractivity contribution in [1.29, 1.82) is 0 Å². The van der Waals surface area contributed by atoms with Crippen LogP contribution < -0.4 is 4.74 Å². The molecule has 1 N–H and O–H groups in total. The lowest BCUT2D eigenvalue weighted by Gasteiger charge is -2.27. The highest BCUT2D eigenvalue weighted by molar-refractivity contribution is 7.92. The molecule has 34 heavy (non-hydrogen) atoms. The van der Waals surface area contributed by atoms with Gasteiger partial charge in [-0.15, -0.1) is 0 Å². The molecule has 2 aliphatic heterocycles. The molecule has 4 rings (SSSR count). The van der Waals surface area contributed by atoms with Gasteiger partial charge in [0.25, 0.3) is 0 Å². The first-order chi connectivity index (χ1) is 15.7. The summed E-state index contributed by atoms with van der Waals surface area (Å²) < 4.78 is 71.5. The number of halogens is 3. The van der Waals surface area contributed by atoms with Gasteiger partial charge in [-0.25, -0.2) is 13.4 Å². The minimum atomic E-state index is -4.36. The van der Waals surface area contributed by atoms with Crippen LogP contribution in [0.2, 0.25) is 0 Å². The molecule has 1 saturated carbocycles. The summed E-state index contributed by atoms with van der Waals surface area (Å²) >= 11 is 0. The summed E-state index contributed by atoms with van der Waals surface area (Å²) in [6, 6.07) is 8.12. The third-order valence-electron chi connectivity index (χ3n) is 6.94.